The fourth-order valence-electron chi connectivity index (χ4n) is 1.71. The van der Waals surface area contributed by atoms with Crippen LogP contribution in [0.4, 0.5) is 5.69 Å². The molecule has 0 bridgehead atoms. The Kier molecular flexibility index (Phi) is 4.03. The van der Waals surface area contributed by atoms with E-state index in [2.05, 4.69) is 5.32 Å². The summed E-state index contributed by atoms with van der Waals surface area (Å²) in [4.78, 5) is 33.9. The molecular weight excluding hydrogens is 292 g/mol. The van der Waals surface area contributed by atoms with Gasteiger partial charge in [-0.1, -0.05) is 0 Å². The minimum atomic E-state index is -1.31. The number of amides is 1. The van der Waals surface area contributed by atoms with Gasteiger partial charge in [0.15, 0.2) is 12.4 Å². The van der Waals surface area contributed by atoms with Gasteiger partial charge in [0.05, 0.1) is 16.7 Å². The number of anilines is 1. The normalized spacial score (nSPS) is 10.0. The van der Waals surface area contributed by atoms with Crippen LogP contribution >= 0.6 is 0 Å². The molecule has 1 amide bonds. The van der Waals surface area contributed by atoms with Crippen LogP contribution in [-0.4, -0.2) is 28.1 Å². The van der Waals surface area contributed by atoms with Crippen molar-refractivity contribution in [3.63, 3.8) is 0 Å². The van der Waals surface area contributed by atoms with E-state index in [0.29, 0.717) is 4.73 Å². The predicted molar refractivity (Wildman–Crippen MR) is 73.7 cm³/mol. The second-order valence-corrected chi connectivity index (χ2v) is 4.31. The van der Waals surface area contributed by atoms with Gasteiger partial charge in [-0.2, -0.15) is 4.73 Å². The molecule has 1 aromatic carbocycles. The zero-order valence-electron chi connectivity index (χ0n) is 11.0. The van der Waals surface area contributed by atoms with E-state index in [1.165, 1.54) is 12.1 Å². The van der Waals surface area contributed by atoms with Crippen LogP contribution in [0.2, 0.25) is 0 Å². The molecule has 0 saturated heterocycles. The summed E-state index contributed by atoms with van der Waals surface area (Å²) < 4.78 is 0.504. The summed E-state index contributed by atoms with van der Waals surface area (Å²) in [5.74, 6) is -3.23. The average molecular weight is 302 g/mol. The second-order valence-electron chi connectivity index (χ2n) is 4.31. The summed E-state index contributed by atoms with van der Waals surface area (Å²) in [5, 5.41) is 31.2. The predicted octanol–water partition coefficient (Wildman–Crippen LogP) is 0.969. The first kappa shape index (κ1) is 15.0. The van der Waals surface area contributed by atoms with Gasteiger partial charge in [0, 0.05) is 17.8 Å². The molecule has 112 valence electrons. The minimum absolute atomic E-state index is 0.0288. The standard InChI is InChI=1S/C14H10N2O6/c17-12(8-1-3-16(22)4-2-8)15-11-6-9(13(18)19)5-10(7-11)14(20)21/h1-7H,(H,15,17)(H,18,19)(H,20,21). The van der Waals surface area contributed by atoms with Gasteiger partial charge >= 0.3 is 11.9 Å². The van der Waals surface area contributed by atoms with E-state index in [-0.39, 0.29) is 22.4 Å². The third-order valence-corrected chi connectivity index (χ3v) is 2.75. The van der Waals surface area contributed by atoms with Crippen LogP contribution in [0.3, 0.4) is 0 Å². The van der Waals surface area contributed by atoms with E-state index in [1.54, 1.807) is 0 Å². The summed E-state index contributed by atoms with van der Waals surface area (Å²) in [5.41, 5.74) is -0.327. The minimum Gasteiger partial charge on any atom is -0.619 e. The number of carboxylic acid groups (broad SMARTS) is 2. The first-order chi connectivity index (χ1) is 10.4. The Labute approximate surface area is 123 Å². The molecule has 0 atom stereocenters. The third-order valence-electron chi connectivity index (χ3n) is 2.75. The molecule has 22 heavy (non-hydrogen) atoms. The van der Waals surface area contributed by atoms with Crippen LogP contribution in [-0.2, 0) is 0 Å². The molecule has 0 aliphatic heterocycles. The van der Waals surface area contributed by atoms with E-state index >= 15 is 0 Å². The quantitative estimate of drug-likeness (QED) is 0.569. The van der Waals surface area contributed by atoms with Gasteiger partial charge in [-0.25, -0.2) is 9.59 Å². The number of nitrogens with one attached hydrogen (secondary N) is 1. The van der Waals surface area contributed by atoms with Crippen LogP contribution in [0, 0.1) is 5.21 Å². The maximum atomic E-state index is 12.0. The molecule has 0 aliphatic carbocycles. The number of carbonyl (C=O) groups excluding carboxylic acids is 1. The molecule has 0 unspecified atom stereocenters. The Morgan fingerprint density at radius 2 is 1.41 bits per heavy atom. The van der Waals surface area contributed by atoms with Crippen LogP contribution in [0.1, 0.15) is 31.1 Å². The van der Waals surface area contributed by atoms with Crippen LogP contribution in [0.25, 0.3) is 0 Å². The number of benzene rings is 1. The van der Waals surface area contributed by atoms with Gasteiger partial charge in [0.1, 0.15) is 0 Å². The highest BCUT2D eigenvalue weighted by molar-refractivity contribution is 6.05. The molecular formula is C14H10N2O6. The number of aromatic nitrogens is 1. The first-order valence-corrected chi connectivity index (χ1v) is 5.98. The highest BCUT2D eigenvalue weighted by atomic mass is 16.5. The van der Waals surface area contributed by atoms with Crippen LogP contribution < -0.4 is 10.0 Å². The van der Waals surface area contributed by atoms with E-state index in [4.69, 9.17) is 10.2 Å². The van der Waals surface area contributed by atoms with E-state index in [9.17, 15) is 19.6 Å². The van der Waals surface area contributed by atoms with Gasteiger partial charge in [-0.05, 0) is 18.2 Å². The average Bonchev–Trinajstić information content (AvgIpc) is 2.47. The lowest BCUT2D eigenvalue weighted by molar-refractivity contribution is -0.605. The van der Waals surface area contributed by atoms with Crippen LogP contribution in [0.15, 0.2) is 42.7 Å². The van der Waals surface area contributed by atoms with Crippen molar-refractivity contribution in [2.24, 2.45) is 0 Å². The van der Waals surface area contributed by atoms with Gasteiger partial charge in [-0.15, -0.1) is 0 Å². The lowest BCUT2D eigenvalue weighted by Crippen LogP contribution is -2.25. The molecule has 0 spiro atoms. The second kappa shape index (κ2) is 5.92. The fourth-order valence-corrected chi connectivity index (χ4v) is 1.71. The summed E-state index contributed by atoms with van der Waals surface area (Å²) in [6.45, 7) is 0. The van der Waals surface area contributed by atoms with Crippen molar-refractivity contribution < 1.29 is 29.3 Å². The number of pyridine rings is 1. The number of nitrogens with zero attached hydrogens (tertiary/aromatic N) is 1. The Hall–Kier alpha value is -3.42. The number of hydrogen-bond acceptors (Lipinski definition) is 4. The fraction of sp³-hybridized carbons (Fsp3) is 0. The maximum Gasteiger partial charge on any atom is 0.335 e. The van der Waals surface area contributed by atoms with Crippen molar-refractivity contribution in [1.29, 1.82) is 0 Å². The van der Waals surface area contributed by atoms with Gasteiger partial charge in [0.2, 0.25) is 0 Å². The SMILES string of the molecule is O=C(O)c1cc(NC(=O)c2cc[n+]([O-])cc2)cc(C(=O)O)c1. The number of carbonyl (C=O) groups is 3. The summed E-state index contributed by atoms with van der Waals surface area (Å²) in [7, 11) is 0. The molecule has 2 aromatic rings. The summed E-state index contributed by atoms with van der Waals surface area (Å²) in [6.07, 6.45) is 2.26. The Morgan fingerprint density at radius 3 is 1.86 bits per heavy atom. The van der Waals surface area contributed by atoms with E-state index < -0.39 is 17.8 Å². The summed E-state index contributed by atoms with van der Waals surface area (Å²) >= 11 is 0. The van der Waals surface area contributed by atoms with Crippen molar-refractivity contribution in [3.05, 3.63) is 64.6 Å². The highest BCUT2D eigenvalue weighted by Gasteiger charge is 2.14. The molecule has 1 aromatic heterocycles. The third kappa shape index (κ3) is 3.37. The zero-order valence-corrected chi connectivity index (χ0v) is 11.0. The molecule has 8 nitrogen and oxygen atoms in total. The smallest absolute Gasteiger partial charge is 0.335 e. The number of hydrogen-bond donors (Lipinski definition) is 3. The van der Waals surface area contributed by atoms with Crippen molar-refractivity contribution in [3.8, 4) is 0 Å². The van der Waals surface area contributed by atoms with E-state index in [0.717, 1.165) is 30.6 Å². The van der Waals surface area contributed by atoms with Crippen molar-refractivity contribution in [1.82, 2.24) is 0 Å². The molecule has 0 saturated carbocycles. The number of aromatic carboxylic acids is 2. The van der Waals surface area contributed by atoms with Crippen molar-refractivity contribution in [2.45, 2.75) is 0 Å². The van der Waals surface area contributed by atoms with Crippen molar-refractivity contribution in [2.75, 3.05) is 5.32 Å². The highest BCUT2D eigenvalue weighted by Crippen LogP contribution is 2.16. The lowest BCUT2D eigenvalue weighted by Gasteiger charge is -2.07. The molecule has 1 heterocycles. The topological polar surface area (TPSA) is 131 Å². The van der Waals surface area contributed by atoms with Gasteiger partial charge in [0.25, 0.3) is 5.91 Å². The Morgan fingerprint density at radius 1 is 0.909 bits per heavy atom. The van der Waals surface area contributed by atoms with E-state index in [1.807, 2.05) is 0 Å². The number of carboxylic acids is 2. The first-order valence-electron chi connectivity index (χ1n) is 5.98. The van der Waals surface area contributed by atoms with Crippen molar-refractivity contribution >= 4 is 23.5 Å². The van der Waals surface area contributed by atoms with Gasteiger partial charge in [-0.3, -0.25) is 4.79 Å². The molecule has 0 aliphatic rings. The maximum absolute atomic E-state index is 12.0. The molecule has 3 N–H and O–H groups in total. The summed E-state index contributed by atoms with van der Waals surface area (Å²) in [6, 6.07) is 5.83. The molecule has 0 fully saturated rings. The largest absolute Gasteiger partial charge is 0.619 e. The molecule has 0 radical (unpaired) electrons. The zero-order chi connectivity index (χ0) is 16.3. The molecule has 2 rings (SSSR count). The van der Waals surface area contributed by atoms with Gasteiger partial charge < -0.3 is 20.7 Å². The number of rotatable bonds is 4. The lowest BCUT2D eigenvalue weighted by atomic mass is 10.1. The molecule has 8 heteroatoms. The monoisotopic (exact) mass is 302 g/mol. The van der Waals surface area contributed by atoms with Crippen LogP contribution in [0.5, 0.6) is 0 Å². The Bertz CT molecular complexity index is 722. The Balaban J connectivity index is 2.32.